The van der Waals surface area contributed by atoms with Crippen molar-refractivity contribution < 1.29 is 0 Å². The predicted molar refractivity (Wildman–Crippen MR) is 104 cm³/mol. The second kappa shape index (κ2) is 3.83. The highest BCUT2D eigenvalue weighted by atomic mass is 14.4. The molecular weight excluding hydrogens is 288 g/mol. The third-order valence-electron chi connectivity index (χ3n) is 6.36. The van der Waals surface area contributed by atoms with E-state index in [4.69, 9.17) is 0 Å². The molecule has 2 aliphatic rings. The topological polar surface area (TPSA) is 0 Å². The molecule has 0 saturated carbocycles. The molecule has 1 unspecified atom stereocenters. The number of hydrogen-bond acceptors (Lipinski definition) is 0. The van der Waals surface area contributed by atoms with Gasteiger partial charge in [-0.1, -0.05) is 69.3 Å². The van der Waals surface area contributed by atoms with E-state index in [2.05, 4.69) is 69.3 Å². The van der Waals surface area contributed by atoms with Gasteiger partial charge >= 0.3 is 0 Å². The first-order valence-corrected chi connectivity index (χ1v) is 8.98. The van der Waals surface area contributed by atoms with Crippen molar-refractivity contribution in [3.8, 4) is 11.1 Å². The van der Waals surface area contributed by atoms with Crippen molar-refractivity contribution in [3.63, 3.8) is 0 Å². The summed E-state index contributed by atoms with van der Waals surface area (Å²) in [5.41, 5.74) is 6.48. The zero-order valence-corrected chi connectivity index (χ0v) is 14.4. The van der Waals surface area contributed by atoms with E-state index in [1.54, 1.807) is 22.3 Å². The second-order valence-corrected chi connectivity index (χ2v) is 8.68. The van der Waals surface area contributed by atoms with Crippen LogP contribution in [-0.4, -0.2) is 0 Å². The van der Waals surface area contributed by atoms with E-state index in [9.17, 15) is 0 Å². The predicted octanol–water partition coefficient (Wildman–Crippen LogP) is 6.81. The molecule has 0 amide bonds. The van der Waals surface area contributed by atoms with Crippen molar-refractivity contribution >= 4 is 32.3 Å². The van der Waals surface area contributed by atoms with Gasteiger partial charge in [0.25, 0.3) is 0 Å². The van der Waals surface area contributed by atoms with E-state index >= 15 is 0 Å². The van der Waals surface area contributed by atoms with E-state index in [0.29, 0.717) is 5.92 Å². The lowest BCUT2D eigenvalue weighted by atomic mass is 9.67. The van der Waals surface area contributed by atoms with Crippen LogP contribution in [0.3, 0.4) is 0 Å². The van der Waals surface area contributed by atoms with Crippen molar-refractivity contribution in [1.29, 1.82) is 0 Å². The van der Waals surface area contributed by atoms with Crippen LogP contribution in [-0.2, 0) is 6.42 Å². The van der Waals surface area contributed by atoms with Gasteiger partial charge in [-0.25, -0.2) is 0 Å². The molecule has 0 aliphatic heterocycles. The molecule has 116 valence electrons. The summed E-state index contributed by atoms with van der Waals surface area (Å²) < 4.78 is 0. The van der Waals surface area contributed by atoms with Gasteiger partial charge in [0.05, 0.1) is 0 Å². The van der Waals surface area contributed by atoms with Crippen LogP contribution in [0.1, 0.15) is 37.8 Å². The first kappa shape index (κ1) is 13.0. The van der Waals surface area contributed by atoms with Gasteiger partial charge in [-0.15, -0.1) is 0 Å². The third kappa shape index (κ3) is 1.33. The summed E-state index contributed by atoms with van der Waals surface area (Å²) in [6.07, 6.45) is 1.16. The maximum absolute atomic E-state index is 2.41. The molecule has 0 spiro atoms. The van der Waals surface area contributed by atoms with Crippen LogP contribution in [0.5, 0.6) is 0 Å². The smallest absolute Gasteiger partial charge is 0.00141 e. The maximum Gasteiger partial charge on any atom is -0.00141 e. The van der Waals surface area contributed by atoms with Gasteiger partial charge < -0.3 is 0 Å². The summed E-state index contributed by atoms with van der Waals surface area (Å²) in [5, 5.41) is 8.68. The van der Waals surface area contributed by atoms with Crippen LogP contribution in [0.4, 0.5) is 0 Å². The molecular formula is C24H20. The molecule has 0 fully saturated rings. The molecule has 0 aromatic heterocycles. The monoisotopic (exact) mass is 308 g/mol. The summed E-state index contributed by atoms with van der Waals surface area (Å²) in [7, 11) is 0. The van der Waals surface area contributed by atoms with Gasteiger partial charge in [0.1, 0.15) is 0 Å². The average Bonchev–Trinajstić information content (AvgIpc) is 2.93. The van der Waals surface area contributed by atoms with E-state index < -0.39 is 0 Å². The van der Waals surface area contributed by atoms with Crippen molar-refractivity contribution in [2.24, 2.45) is 5.41 Å². The summed E-state index contributed by atoms with van der Waals surface area (Å²) in [6.45, 7) is 7.17. The summed E-state index contributed by atoms with van der Waals surface area (Å²) >= 11 is 0. The highest BCUT2D eigenvalue weighted by Gasteiger charge is 2.37. The van der Waals surface area contributed by atoms with E-state index in [1.807, 2.05) is 0 Å². The molecule has 24 heavy (non-hydrogen) atoms. The summed E-state index contributed by atoms with van der Waals surface area (Å²) in [6, 6.07) is 18.7. The Labute approximate surface area is 142 Å². The van der Waals surface area contributed by atoms with Crippen molar-refractivity contribution in [1.82, 2.24) is 0 Å². The minimum Gasteiger partial charge on any atom is -0.0596 e. The Hall–Kier alpha value is -2.34. The Morgan fingerprint density at radius 2 is 1.21 bits per heavy atom. The van der Waals surface area contributed by atoms with Crippen LogP contribution in [0, 0.1) is 5.41 Å². The SMILES string of the molecule is CC(C)(C)C1Cc2ccc3ccc4ccc5ccc1c1c5c4c3c2-1. The minimum atomic E-state index is 0.277. The van der Waals surface area contributed by atoms with Crippen molar-refractivity contribution in [2.45, 2.75) is 33.1 Å². The van der Waals surface area contributed by atoms with Crippen LogP contribution < -0.4 is 0 Å². The molecule has 4 aromatic carbocycles. The largest absolute Gasteiger partial charge is 0.0596 e. The lowest BCUT2D eigenvalue weighted by Crippen LogP contribution is -2.24. The third-order valence-corrected chi connectivity index (χ3v) is 6.36. The average molecular weight is 308 g/mol. The Kier molecular flexibility index (Phi) is 2.08. The Morgan fingerprint density at radius 1 is 0.667 bits per heavy atom. The van der Waals surface area contributed by atoms with Gasteiger partial charge in [0.15, 0.2) is 0 Å². The van der Waals surface area contributed by atoms with Crippen LogP contribution in [0.25, 0.3) is 43.4 Å². The van der Waals surface area contributed by atoms with Crippen LogP contribution in [0.15, 0.2) is 48.5 Å². The second-order valence-electron chi connectivity index (χ2n) is 8.68. The molecule has 0 bridgehead atoms. The first-order chi connectivity index (χ1) is 11.5. The van der Waals surface area contributed by atoms with E-state index in [0.717, 1.165) is 6.42 Å². The molecule has 0 heteroatoms. The standard InChI is InChI=1S/C24H20/c1-24(2,3)18-12-16-9-8-14-5-4-13-6-7-15-10-11-17(18)23-21(15)19(13)20(14)22(16)23/h4-11,18H,12H2,1-3H3. The van der Waals surface area contributed by atoms with Gasteiger partial charge in [0, 0.05) is 0 Å². The van der Waals surface area contributed by atoms with Gasteiger partial charge in [-0.05, 0) is 72.3 Å². The fourth-order valence-electron chi connectivity index (χ4n) is 5.23. The van der Waals surface area contributed by atoms with Gasteiger partial charge in [-0.2, -0.15) is 0 Å². The van der Waals surface area contributed by atoms with Gasteiger partial charge in [0.2, 0.25) is 0 Å². The number of hydrogen-bond donors (Lipinski definition) is 0. The Morgan fingerprint density at radius 3 is 1.88 bits per heavy atom. The molecule has 1 atom stereocenters. The quantitative estimate of drug-likeness (QED) is 0.276. The zero-order chi connectivity index (χ0) is 16.2. The van der Waals surface area contributed by atoms with Crippen molar-refractivity contribution in [3.05, 3.63) is 59.7 Å². The Bertz CT molecular complexity index is 1200. The highest BCUT2D eigenvalue weighted by Crippen LogP contribution is 2.57. The zero-order valence-electron chi connectivity index (χ0n) is 14.4. The fourth-order valence-corrected chi connectivity index (χ4v) is 5.23. The lowest BCUT2D eigenvalue weighted by Gasteiger charge is -2.36. The highest BCUT2D eigenvalue weighted by molar-refractivity contribution is 6.34. The number of rotatable bonds is 0. The Balaban J connectivity index is 1.93. The number of benzene rings is 4. The maximum atomic E-state index is 2.41. The first-order valence-electron chi connectivity index (χ1n) is 8.98. The van der Waals surface area contributed by atoms with Crippen LogP contribution >= 0.6 is 0 Å². The normalized spacial score (nSPS) is 18.0. The fraction of sp³-hybridized carbons (Fsp3) is 0.250. The van der Waals surface area contributed by atoms with E-state index in [1.165, 1.54) is 32.3 Å². The molecule has 2 aliphatic carbocycles. The van der Waals surface area contributed by atoms with E-state index in [-0.39, 0.29) is 5.41 Å². The molecule has 0 radical (unpaired) electrons. The minimum absolute atomic E-state index is 0.277. The molecule has 6 rings (SSSR count). The molecule has 0 saturated heterocycles. The molecule has 4 aromatic rings. The summed E-state index contributed by atoms with van der Waals surface area (Å²) in [5.74, 6) is 0.589. The molecule has 0 N–H and O–H groups in total. The van der Waals surface area contributed by atoms with Crippen LogP contribution in [0.2, 0.25) is 0 Å². The summed E-state index contributed by atoms with van der Waals surface area (Å²) in [4.78, 5) is 0. The van der Waals surface area contributed by atoms with Crippen molar-refractivity contribution in [2.75, 3.05) is 0 Å². The lowest BCUT2D eigenvalue weighted by molar-refractivity contribution is 0.317. The molecule has 0 nitrogen and oxygen atoms in total. The molecule has 0 heterocycles. The van der Waals surface area contributed by atoms with Gasteiger partial charge in [-0.3, -0.25) is 0 Å².